The predicted molar refractivity (Wildman–Crippen MR) is 71.3 cm³/mol. The highest BCUT2D eigenvalue weighted by Gasteiger charge is 2.03. The molecule has 0 aliphatic rings. The standard InChI is InChI=1S/C14H13NOS/c16-9-11-1-2-13-3-5-15(14(13)7-11)8-12-4-6-17-10-12/h1-7,10,16H,8-9H2. The van der Waals surface area contributed by atoms with Gasteiger partial charge in [0, 0.05) is 18.3 Å². The van der Waals surface area contributed by atoms with Crippen LogP contribution >= 0.6 is 11.3 Å². The summed E-state index contributed by atoms with van der Waals surface area (Å²) in [4.78, 5) is 0. The largest absolute Gasteiger partial charge is 0.392 e. The molecule has 0 radical (unpaired) electrons. The quantitative estimate of drug-likeness (QED) is 0.750. The van der Waals surface area contributed by atoms with Crippen LogP contribution in [0.5, 0.6) is 0 Å². The van der Waals surface area contributed by atoms with Crippen molar-refractivity contribution in [1.82, 2.24) is 4.57 Å². The minimum Gasteiger partial charge on any atom is -0.392 e. The minimum atomic E-state index is 0.0968. The van der Waals surface area contributed by atoms with Gasteiger partial charge in [0.15, 0.2) is 0 Å². The second kappa shape index (κ2) is 4.35. The normalized spacial score (nSPS) is 11.1. The first kappa shape index (κ1) is 10.6. The van der Waals surface area contributed by atoms with Crippen LogP contribution in [0.4, 0.5) is 0 Å². The maximum absolute atomic E-state index is 9.17. The third-order valence-corrected chi connectivity index (χ3v) is 3.69. The Hall–Kier alpha value is -1.58. The van der Waals surface area contributed by atoms with E-state index in [2.05, 4.69) is 45.8 Å². The topological polar surface area (TPSA) is 25.2 Å². The molecule has 2 nitrogen and oxygen atoms in total. The highest BCUT2D eigenvalue weighted by molar-refractivity contribution is 7.07. The van der Waals surface area contributed by atoms with E-state index in [-0.39, 0.29) is 6.61 Å². The molecule has 2 heterocycles. The van der Waals surface area contributed by atoms with E-state index in [0.29, 0.717) is 0 Å². The van der Waals surface area contributed by atoms with Crippen LogP contribution in [0.15, 0.2) is 47.3 Å². The molecule has 1 N–H and O–H groups in total. The van der Waals surface area contributed by atoms with Gasteiger partial charge in [-0.3, -0.25) is 0 Å². The molecule has 3 heteroatoms. The van der Waals surface area contributed by atoms with Crippen LogP contribution in [-0.2, 0) is 13.2 Å². The van der Waals surface area contributed by atoms with Gasteiger partial charge >= 0.3 is 0 Å². The lowest BCUT2D eigenvalue weighted by Crippen LogP contribution is -1.96. The minimum absolute atomic E-state index is 0.0968. The Kier molecular flexibility index (Phi) is 2.71. The van der Waals surface area contributed by atoms with Crippen LogP contribution in [-0.4, -0.2) is 9.67 Å². The molecule has 0 aliphatic carbocycles. The number of hydrogen-bond donors (Lipinski definition) is 1. The molecule has 3 aromatic rings. The molecule has 0 spiro atoms. The van der Waals surface area contributed by atoms with E-state index >= 15 is 0 Å². The summed E-state index contributed by atoms with van der Waals surface area (Å²) in [5, 5.41) is 14.7. The molecule has 0 aliphatic heterocycles. The summed E-state index contributed by atoms with van der Waals surface area (Å²) < 4.78 is 2.22. The van der Waals surface area contributed by atoms with Gasteiger partial charge in [0.05, 0.1) is 6.61 Å². The van der Waals surface area contributed by atoms with Crippen molar-refractivity contribution >= 4 is 22.2 Å². The first-order chi connectivity index (χ1) is 8.36. The maximum atomic E-state index is 9.17. The fraction of sp³-hybridized carbons (Fsp3) is 0.143. The summed E-state index contributed by atoms with van der Waals surface area (Å²) in [5.41, 5.74) is 3.47. The Balaban J connectivity index is 2.04. The van der Waals surface area contributed by atoms with E-state index in [1.54, 1.807) is 11.3 Å². The van der Waals surface area contributed by atoms with Crippen molar-refractivity contribution in [3.05, 3.63) is 58.4 Å². The van der Waals surface area contributed by atoms with Crippen molar-refractivity contribution in [2.24, 2.45) is 0 Å². The number of aliphatic hydroxyl groups excluding tert-OH is 1. The number of aliphatic hydroxyl groups is 1. The Morgan fingerprint density at radius 1 is 1.12 bits per heavy atom. The summed E-state index contributed by atoms with van der Waals surface area (Å²) in [6.45, 7) is 0.988. The van der Waals surface area contributed by atoms with Crippen LogP contribution < -0.4 is 0 Å². The molecule has 0 atom stereocenters. The zero-order valence-electron chi connectivity index (χ0n) is 9.34. The summed E-state index contributed by atoms with van der Waals surface area (Å²) in [6, 6.07) is 10.3. The summed E-state index contributed by atoms with van der Waals surface area (Å²) in [5.74, 6) is 0. The lowest BCUT2D eigenvalue weighted by atomic mass is 10.2. The van der Waals surface area contributed by atoms with E-state index in [0.717, 1.165) is 12.1 Å². The van der Waals surface area contributed by atoms with E-state index in [4.69, 9.17) is 0 Å². The number of aromatic nitrogens is 1. The lowest BCUT2D eigenvalue weighted by molar-refractivity contribution is 0.282. The molecule has 3 rings (SSSR count). The lowest BCUT2D eigenvalue weighted by Gasteiger charge is -2.05. The number of hydrogen-bond acceptors (Lipinski definition) is 2. The maximum Gasteiger partial charge on any atom is 0.0682 e. The second-order valence-corrected chi connectivity index (χ2v) is 4.91. The first-order valence-electron chi connectivity index (χ1n) is 5.56. The van der Waals surface area contributed by atoms with Gasteiger partial charge in [-0.1, -0.05) is 12.1 Å². The highest BCUT2D eigenvalue weighted by Crippen LogP contribution is 2.19. The number of benzene rings is 1. The van der Waals surface area contributed by atoms with Gasteiger partial charge in [0.2, 0.25) is 0 Å². The Labute approximate surface area is 104 Å². The first-order valence-corrected chi connectivity index (χ1v) is 6.51. The Bertz CT molecular complexity index is 625. The Morgan fingerprint density at radius 2 is 2.06 bits per heavy atom. The van der Waals surface area contributed by atoms with Crippen molar-refractivity contribution in [2.45, 2.75) is 13.2 Å². The van der Waals surface area contributed by atoms with Crippen molar-refractivity contribution in [3.63, 3.8) is 0 Å². The van der Waals surface area contributed by atoms with Crippen LogP contribution in [0.1, 0.15) is 11.1 Å². The predicted octanol–water partition coefficient (Wildman–Crippen LogP) is 3.24. The van der Waals surface area contributed by atoms with Crippen molar-refractivity contribution in [3.8, 4) is 0 Å². The van der Waals surface area contributed by atoms with Crippen LogP contribution in [0, 0.1) is 0 Å². The van der Waals surface area contributed by atoms with Crippen LogP contribution in [0.25, 0.3) is 10.9 Å². The fourth-order valence-electron chi connectivity index (χ4n) is 2.05. The number of fused-ring (bicyclic) bond motifs is 1. The van der Waals surface area contributed by atoms with E-state index in [1.807, 2.05) is 6.07 Å². The van der Waals surface area contributed by atoms with E-state index < -0.39 is 0 Å². The van der Waals surface area contributed by atoms with E-state index in [9.17, 15) is 5.11 Å². The van der Waals surface area contributed by atoms with Gasteiger partial charge in [-0.25, -0.2) is 0 Å². The van der Waals surface area contributed by atoms with Crippen molar-refractivity contribution < 1.29 is 5.11 Å². The van der Waals surface area contributed by atoms with E-state index in [1.165, 1.54) is 16.5 Å². The summed E-state index contributed by atoms with van der Waals surface area (Å²) >= 11 is 1.72. The average Bonchev–Trinajstić information content (AvgIpc) is 2.99. The molecule has 17 heavy (non-hydrogen) atoms. The zero-order valence-corrected chi connectivity index (χ0v) is 10.2. The second-order valence-electron chi connectivity index (χ2n) is 4.13. The van der Waals surface area contributed by atoms with Crippen LogP contribution in [0.2, 0.25) is 0 Å². The fourth-order valence-corrected chi connectivity index (χ4v) is 2.70. The van der Waals surface area contributed by atoms with Gasteiger partial charge in [0.25, 0.3) is 0 Å². The molecular weight excluding hydrogens is 230 g/mol. The molecular formula is C14H13NOS. The van der Waals surface area contributed by atoms with Gasteiger partial charge in [-0.15, -0.1) is 0 Å². The number of rotatable bonds is 3. The number of nitrogens with zero attached hydrogens (tertiary/aromatic N) is 1. The number of thiophene rings is 1. The summed E-state index contributed by atoms with van der Waals surface area (Å²) in [6.07, 6.45) is 2.10. The molecule has 0 saturated carbocycles. The molecule has 0 amide bonds. The highest BCUT2D eigenvalue weighted by atomic mass is 32.1. The average molecular weight is 243 g/mol. The summed E-state index contributed by atoms with van der Waals surface area (Å²) in [7, 11) is 0. The zero-order chi connectivity index (χ0) is 11.7. The van der Waals surface area contributed by atoms with Crippen molar-refractivity contribution in [2.75, 3.05) is 0 Å². The smallest absolute Gasteiger partial charge is 0.0682 e. The third-order valence-electron chi connectivity index (χ3n) is 2.95. The Morgan fingerprint density at radius 3 is 2.82 bits per heavy atom. The molecule has 0 saturated heterocycles. The van der Waals surface area contributed by atoms with Gasteiger partial charge in [-0.2, -0.15) is 11.3 Å². The monoisotopic (exact) mass is 243 g/mol. The molecule has 86 valence electrons. The molecule has 1 aromatic carbocycles. The third kappa shape index (κ3) is 1.99. The van der Waals surface area contributed by atoms with Gasteiger partial charge < -0.3 is 9.67 Å². The SMILES string of the molecule is OCc1ccc2ccn(Cc3ccsc3)c2c1. The molecule has 2 aromatic heterocycles. The molecule has 0 fully saturated rings. The van der Waals surface area contributed by atoms with Gasteiger partial charge in [0.1, 0.15) is 0 Å². The van der Waals surface area contributed by atoms with Crippen molar-refractivity contribution in [1.29, 1.82) is 0 Å². The van der Waals surface area contributed by atoms with Gasteiger partial charge in [-0.05, 0) is 45.5 Å². The van der Waals surface area contributed by atoms with Crippen LogP contribution in [0.3, 0.4) is 0 Å². The molecule has 0 unspecified atom stereocenters. The molecule has 0 bridgehead atoms.